The van der Waals surface area contributed by atoms with Crippen LogP contribution in [0.1, 0.15) is 25.3 Å². The molecule has 8 nitrogen and oxygen atoms in total. The molecule has 0 aliphatic carbocycles. The minimum Gasteiger partial charge on any atom is -0.480 e. The van der Waals surface area contributed by atoms with Crippen molar-refractivity contribution in [1.82, 2.24) is 4.90 Å². The SMILES string of the molecule is C[C@@H]([C]=O)N(C(=O)CC[C@H](N)C(=O)O)C(=O)OCc1ccccc1. The van der Waals surface area contributed by atoms with Crippen LogP contribution < -0.4 is 5.73 Å². The van der Waals surface area contributed by atoms with E-state index in [1.165, 1.54) is 6.92 Å². The van der Waals surface area contributed by atoms with Crippen molar-refractivity contribution in [3.8, 4) is 0 Å². The van der Waals surface area contributed by atoms with Crippen LogP contribution in [-0.2, 0) is 25.7 Å². The van der Waals surface area contributed by atoms with Gasteiger partial charge in [-0.05, 0) is 18.9 Å². The second-order valence-electron chi connectivity index (χ2n) is 5.08. The maximum Gasteiger partial charge on any atom is 0.417 e. The predicted octanol–water partition coefficient (Wildman–Crippen LogP) is 0.842. The minimum atomic E-state index is -1.25. The van der Waals surface area contributed by atoms with Gasteiger partial charge in [0.05, 0.1) is 0 Å². The second kappa shape index (κ2) is 9.41. The summed E-state index contributed by atoms with van der Waals surface area (Å²) >= 11 is 0. The highest BCUT2D eigenvalue weighted by molar-refractivity contribution is 5.95. The normalized spacial score (nSPS) is 12.8. The Bertz CT molecular complexity index is 589. The van der Waals surface area contributed by atoms with E-state index in [1.807, 2.05) is 0 Å². The summed E-state index contributed by atoms with van der Waals surface area (Å²) in [7, 11) is 0. The molecule has 0 fully saturated rings. The first-order chi connectivity index (χ1) is 11.4. The Labute approximate surface area is 139 Å². The van der Waals surface area contributed by atoms with Gasteiger partial charge in [0.25, 0.3) is 0 Å². The number of nitrogens with two attached hydrogens (primary N) is 1. The zero-order chi connectivity index (χ0) is 18.1. The van der Waals surface area contributed by atoms with Crippen LogP contribution in [0.4, 0.5) is 4.79 Å². The lowest BCUT2D eigenvalue weighted by Crippen LogP contribution is -2.45. The second-order valence-corrected chi connectivity index (χ2v) is 5.08. The molecule has 1 radical (unpaired) electrons. The molecule has 3 N–H and O–H groups in total. The Kier molecular flexibility index (Phi) is 7.57. The van der Waals surface area contributed by atoms with Crippen molar-refractivity contribution in [2.75, 3.05) is 0 Å². The third-order valence-electron chi connectivity index (χ3n) is 3.21. The monoisotopic (exact) mass is 335 g/mol. The van der Waals surface area contributed by atoms with E-state index in [4.69, 9.17) is 15.6 Å². The molecule has 1 aromatic carbocycles. The lowest BCUT2D eigenvalue weighted by atomic mass is 10.1. The fourth-order valence-corrected chi connectivity index (χ4v) is 1.84. The van der Waals surface area contributed by atoms with E-state index >= 15 is 0 Å². The van der Waals surface area contributed by atoms with Crippen molar-refractivity contribution in [1.29, 1.82) is 0 Å². The predicted molar refractivity (Wildman–Crippen MR) is 83.5 cm³/mol. The number of rotatable bonds is 8. The van der Waals surface area contributed by atoms with Gasteiger partial charge in [-0.1, -0.05) is 30.3 Å². The van der Waals surface area contributed by atoms with E-state index in [0.717, 1.165) is 0 Å². The molecule has 0 aliphatic heterocycles. The number of nitrogens with zero attached hydrogens (tertiary/aromatic N) is 1. The van der Waals surface area contributed by atoms with Crippen molar-refractivity contribution in [3.05, 3.63) is 35.9 Å². The standard InChI is InChI=1S/C16H19N2O6/c1-11(9-19)18(14(20)8-7-13(17)15(21)22)16(23)24-10-12-5-3-2-4-6-12/h2-6,11,13H,7-8,10,17H2,1H3,(H,21,22)/t11-,13-/m0/s1. The Morgan fingerprint density at radius 1 is 1.29 bits per heavy atom. The zero-order valence-electron chi connectivity index (χ0n) is 13.2. The van der Waals surface area contributed by atoms with Crippen molar-refractivity contribution in [3.63, 3.8) is 0 Å². The largest absolute Gasteiger partial charge is 0.480 e. The smallest absolute Gasteiger partial charge is 0.417 e. The molecule has 1 aromatic rings. The average Bonchev–Trinajstić information content (AvgIpc) is 2.58. The van der Waals surface area contributed by atoms with E-state index in [1.54, 1.807) is 36.6 Å². The Hall–Kier alpha value is -2.74. The highest BCUT2D eigenvalue weighted by Gasteiger charge is 2.29. The molecule has 0 unspecified atom stereocenters. The van der Waals surface area contributed by atoms with Gasteiger partial charge in [0.15, 0.2) is 0 Å². The summed E-state index contributed by atoms with van der Waals surface area (Å²) in [5.41, 5.74) is 6.04. The molecule has 1 rings (SSSR count). The summed E-state index contributed by atoms with van der Waals surface area (Å²) in [5.74, 6) is -2.00. The fourth-order valence-electron chi connectivity index (χ4n) is 1.84. The Morgan fingerprint density at radius 3 is 2.46 bits per heavy atom. The zero-order valence-corrected chi connectivity index (χ0v) is 13.2. The van der Waals surface area contributed by atoms with Gasteiger partial charge >= 0.3 is 12.1 Å². The lowest BCUT2D eigenvalue weighted by molar-refractivity contribution is -0.138. The maximum absolute atomic E-state index is 12.1. The van der Waals surface area contributed by atoms with Crippen molar-refractivity contribution >= 4 is 24.3 Å². The number of carbonyl (C=O) groups excluding carboxylic acids is 3. The van der Waals surface area contributed by atoms with Crippen LogP contribution in [0.15, 0.2) is 30.3 Å². The number of carbonyl (C=O) groups is 3. The molecular formula is C16H19N2O6. The van der Waals surface area contributed by atoms with Gasteiger partial charge in [-0.3, -0.25) is 14.4 Å². The van der Waals surface area contributed by atoms with E-state index in [-0.39, 0.29) is 19.4 Å². The molecule has 0 bridgehead atoms. The molecule has 0 saturated heterocycles. The summed E-state index contributed by atoms with van der Waals surface area (Å²) in [4.78, 5) is 46.3. The number of amides is 2. The van der Waals surface area contributed by atoms with Crippen molar-refractivity contribution in [2.24, 2.45) is 5.73 Å². The summed E-state index contributed by atoms with van der Waals surface area (Å²) in [6.45, 7) is 1.25. The van der Waals surface area contributed by atoms with Gasteiger partial charge in [0, 0.05) is 6.42 Å². The number of imide groups is 1. The minimum absolute atomic E-state index is 0.0658. The molecule has 2 atom stereocenters. The van der Waals surface area contributed by atoms with Crippen LogP contribution in [0.2, 0.25) is 0 Å². The third kappa shape index (κ3) is 5.81. The van der Waals surface area contributed by atoms with Gasteiger partial charge in [-0.25, -0.2) is 9.69 Å². The Balaban J connectivity index is 2.69. The number of benzene rings is 1. The summed E-state index contributed by atoms with van der Waals surface area (Å²) in [6, 6.07) is 6.42. The van der Waals surface area contributed by atoms with Crippen molar-refractivity contribution < 1.29 is 29.0 Å². The molecular weight excluding hydrogens is 316 g/mol. The maximum atomic E-state index is 12.1. The fraction of sp³-hybridized carbons (Fsp3) is 0.375. The van der Waals surface area contributed by atoms with Crippen LogP contribution >= 0.6 is 0 Å². The van der Waals surface area contributed by atoms with Gasteiger partial charge in [-0.2, -0.15) is 0 Å². The van der Waals surface area contributed by atoms with E-state index in [2.05, 4.69) is 0 Å². The Morgan fingerprint density at radius 2 is 1.92 bits per heavy atom. The molecule has 0 aliphatic rings. The summed E-state index contributed by atoms with van der Waals surface area (Å²) < 4.78 is 5.03. The lowest BCUT2D eigenvalue weighted by Gasteiger charge is -2.23. The van der Waals surface area contributed by atoms with Gasteiger partial charge in [-0.15, -0.1) is 0 Å². The van der Waals surface area contributed by atoms with E-state index in [9.17, 15) is 19.2 Å². The third-order valence-corrected chi connectivity index (χ3v) is 3.21. The number of carboxylic acid groups (broad SMARTS) is 1. The number of carboxylic acids is 1. The van der Waals surface area contributed by atoms with Crippen LogP contribution in [0.25, 0.3) is 0 Å². The molecule has 24 heavy (non-hydrogen) atoms. The molecule has 0 saturated carbocycles. The molecule has 0 heterocycles. The molecule has 0 spiro atoms. The molecule has 129 valence electrons. The van der Waals surface area contributed by atoms with Crippen LogP contribution in [0, 0.1) is 0 Å². The number of aliphatic carboxylic acids is 1. The van der Waals surface area contributed by atoms with Crippen molar-refractivity contribution in [2.45, 2.75) is 38.5 Å². The van der Waals surface area contributed by atoms with E-state index < -0.39 is 30.1 Å². The van der Waals surface area contributed by atoms with Gasteiger partial charge < -0.3 is 15.6 Å². The summed E-state index contributed by atoms with van der Waals surface area (Å²) in [5, 5.41) is 8.70. The first-order valence-corrected chi connectivity index (χ1v) is 7.25. The summed E-state index contributed by atoms with van der Waals surface area (Å²) in [6.07, 6.45) is 0.0753. The van der Waals surface area contributed by atoms with Crippen LogP contribution in [0.3, 0.4) is 0 Å². The number of hydrogen-bond donors (Lipinski definition) is 2. The topological polar surface area (TPSA) is 127 Å². The molecule has 0 aromatic heterocycles. The number of hydrogen-bond acceptors (Lipinski definition) is 6. The van der Waals surface area contributed by atoms with Gasteiger partial charge in [0.1, 0.15) is 18.7 Å². The first kappa shape index (κ1) is 19.3. The quantitative estimate of drug-likeness (QED) is 0.720. The van der Waals surface area contributed by atoms with E-state index in [0.29, 0.717) is 10.5 Å². The highest BCUT2D eigenvalue weighted by atomic mass is 16.6. The highest BCUT2D eigenvalue weighted by Crippen LogP contribution is 2.09. The number of ether oxygens (including phenoxy) is 1. The molecule has 2 amide bonds. The average molecular weight is 335 g/mol. The van der Waals surface area contributed by atoms with Crippen LogP contribution in [0.5, 0.6) is 0 Å². The molecule has 8 heteroatoms. The first-order valence-electron chi connectivity index (χ1n) is 7.25. The van der Waals surface area contributed by atoms with Crippen LogP contribution in [-0.4, -0.2) is 46.3 Å². The van der Waals surface area contributed by atoms with Gasteiger partial charge in [0.2, 0.25) is 12.2 Å².